The Labute approximate surface area is 126 Å². The summed E-state index contributed by atoms with van der Waals surface area (Å²) in [6.07, 6.45) is 4.28. The van der Waals surface area contributed by atoms with E-state index < -0.39 is 0 Å². The number of ether oxygens (including phenoxy) is 1. The van der Waals surface area contributed by atoms with Gasteiger partial charge in [-0.25, -0.2) is 0 Å². The van der Waals surface area contributed by atoms with Crippen LogP contribution in [0.3, 0.4) is 0 Å². The minimum atomic E-state index is 0.148. The molecule has 2 atom stereocenters. The third-order valence-electron chi connectivity index (χ3n) is 3.98. The number of hydrogen-bond acceptors (Lipinski definition) is 3. The molecule has 1 aliphatic heterocycles. The van der Waals surface area contributed by atoms with Crippen molar-refractivity contribution in [3.63, 3.8) is 0 Å². The molecule has 0 bridgehead atoms. The van der Waals surface area contributed by atoms with Crippen LogP contribution in [0.1, 0.15) is 30.1 Å². The van der Waals surface area contributed by atoms with E-state index in [0.29, 0.717) is 5.92 Å². The van der Waals surface area contributed by atoms with Gasteiger partial charge in [-0.15, -0.1) is 0 Å². The molecule has 1 saturated heterocycles. The van der Waals surface area contributed by atoms with Crippen LogP contribution in [0.2, 0.25) is 0 Å². The van der Waals surface area contributed by atoms with Gasteiger partial charge in [0.05, 0.1) is 18.3 Å². The minimum Gasteiger partial charge on any atom is -0.381 e. The average Bonchev–Trinajstić information content (AvgIpc) is 2.58. The number of nitrogens with zero attached hydrogens (tertiary/aromatic N) is 1. The number of benzene rings is 1. The van der Waals surface area contributed by atoms with Crippen molar-refractivity contribution in [3.05, 3.63) is 66.0 Å². The standard InChI is InChI=1S/C18H22N2O/c1-2-8-16(9-3-1)18(17-10-4-5-11-19-17)20-13-15-7-6-12-21-14-15/h1-5,8-11,15,18,20H,6-7,12-14H2. The Balaban J connectivity index is 1.73. The fourth-order valence-electron chi connectivity index (χ4n) is 2.84. The maximum absolute atomic E-state index is 5.57. The smallest absolute Gasteiger partial charge is 0.0751 e. The average molecular weight is 282 g/mol. The van der Waals surface area contributed by atoms with Gasteiger partial charge in [0.25, 0.3) is 0 Å². The summed E-state index contributed by atoms with van der Waals surface area (Å²) in [5, 5.41) is 3.68. The van der Waals surface area contributed by atoms with Crippen LogP contribution in [0.25, 0.3) is 0 Å². The van der Waals surface area contributed by atoms with Crippen LogP contribution < -0.4 is 5.32 Å². The molecule has 110 valence electrons. The summed E-state index contributed by atoms with van der Waals surface area (Å²) >= 11 is 0. The number of rotatable bonds is 5. The molecule has 2 aromatic rings. The molecule has 0 saturated carbocycles. The van der Waals surface area contributed by atoms with Gasteiger partial charge in [-0.2, -0.15) is 0 Å². The van der Waals surface area contributed by atoms with Crippen LogP contribution in [-0.4, -0.2) is 24.7 Å². The van der Waals surface area contributed by atoms with Crippen LogP contribution >= 0.6 is 0 Å². The van der Waals surface area contributed by atoms with Gasteiger partial charge in [-0.05, 0) is 36.5 Å². The molecule has 0 spiro atoms. The molecular formula is C18H22N2O. The summed E-state index contributed by atoms with van der Waals surface area (Å²) in [6.45, 7) is 2.76. The van der Waals surface area contributed by atoms with Crippen molar-refractivity contribution >= 4 is 0 Å². The molecule has 3 rings (SSSR count). The molecule has 2 heterocycles. The zero-order chi connectivity index (χ0) is 14.3. The number of aromatic nitrogens is 1. The molecule has 1 aromatic carbocycles. The van der Waals surface area contributed by atoms with Gasteiger partial charge in [0, 0.05) is 19.3 Å². The van der Waals surface area contributed by atoms with Gasteiger partial charge in [0.1, 0.15) is 0 Å². The number of hydrogen-bond donors (Lipinski definition) is 1. The van der Waals surface area contributed by atoms with Crippen LogP contribution in [0.15, 0.2) is 54.7 Å². The predicted octanol–water partition coefficient (Wildman–Crippen LogP) is 3.19. The van der Waals surface area contributed by atoms with Gasteiger partial charge in [0.2, 0.25) is 0 Å². The Hall–Kier alpha value is -1.71. The monoisotopic (exact) mass is 282 g/mol. The molecule has 0 aliphatic carbocycles. The topological polar surface area (TPSA) is 34.1 Å². The van der Waals surface area contributed by atoms with E-state index in [2.05, 4.69) is 40.6 Å². The van der Waals surface area contributed by atoms with Crippen molar-refractivity contribution in [3.8, 4) is 0 Å². The van der Waals surface area contributed by atoms with Crippen LogP contribution in [0.4, 0.5) is 0 Å². The van der Waals surface area contributed by atoms with Crippen LogP contribution in [0, 0.1) is 5.92 Å². The summed E-state index contributed by atoms with van der Waals surface area (Å²) in [4.78, 5) is 4.53. The molecule has 0 radical (unpaired) electrons. The Kier molecular flexibility index (Phi) is 4.98. The van der Waals surface area contributed by atoms with E-state index in [1.54, 1.807) is 0 Å². The van der Waals surface area contributed by atoms with Gasteiger partial charge in [0.15, 0.2) is 0 Å². The van der Waals surface area contributed by atoms with Gasteiger partial charge in [-0.1, -0.05) is 36.4 Å². The minimum absolute atomic E-state index is 0.148. The number of nitrogens with one attached hydrogen (secondary N) is 1. The van der Waals surface area contributed by atoms with Crippen molar-refractivity contribution in [1.29, 1.82) is 0 Å². The Morgan fingerprint density at radius 1 is 1.14 bits per heavy atom. The van der Waals surface area contributed by atoms with E-state index in [1.165, 1.54) is 18.4 Å². The zero-order valence-electron chi connectivity index (χ0n) is 12.2. The highest BCUT2D eigenvalue weighted by Crippen LogP contribution is 2.21. The molecular weight excluding hydrogens is 260 g/mol. The largest absolute Gasteiger partial charge is 0.381 e. The summed E-state index contributed by atoms with van der Waals surface area (Å²) in [6, 6.07) is 16.8. The van der Waals surface area contributed by atoms with E-state index in [-0.39, 0.29) is 6.04 Å². The first-order chi connectivity index (χ1) is 10.4. The van der Waals surface area contributed by atoms with Crippen molar-refractivity contribution < 1.29 is 4.74 Å². The molecule has 21 heavy (non-hydrogen) atoms. The van der Waals surface area contributed by atoms with E-state index >= 15 is 0 Å². The fraction of sp³-hybridized carbons (Fsp3) is 0.389. The zero-order valence-corrected chi connectivity index (χ0v) is 12.2. The van der Waals surface area contributed by atoms with Gasteiger partial charge < -0.3 is 10.1 Å². The lowest BCUT2D eigenvalue weighted by Gasteiger charge is -2.26. The first kappa shape index (κ1) is 14.2. The lowest BCUT2D eigenvalue weighted by atomic mass is 9.99. The predicted molar refractivity (Wildman–Crippen MR) is 84.1 cm³/mol. The second kappa shape index (κ2) is 7.34. The number of pyridine rings is 1. The van der Waals surface area contributed by atoms with Crippen molar-refractivity contribution in [2.75, 3.05) is 19.8 Å². The first-order valence-electron chi connectivity index (χ1n) is 7.70. The Bertz CT molecular complexity index is 484. The van der Waals surface area contributed by atoms with E-state index in [0.717, 1.165) is 25.5 Å². The lowest BCUT2D eigenvalue weighted by molar-refractivity contribution is 0.0542. The molecule has 0 amide bonds. The maximum atomic E-state index is 5.57. The molecule has 1 aliphatic rings. The molecule has 1 aromatic heterocycles. The molecule has 1 N–H and O–H groups in total. The van der Waals surface area contributed by atoms with E-state index in [9.17, 15) is 0 Å². The van der Waals surface area contributed by atoms with Crippen molar-refractivity contribution in [1.82, 2.24) is 10.3 Å². The SMILES string of the molecule is c1ccc(C(NCC2CCCOC2)c2ccccn2)cc1. The van der Waals surface area contributed by atoms with Gasteiger partial charge in [-0.3, -0.25) is 4.98 Å². The molecule has 1 fully saturated rings. The van der Waals surface area contributed by atoms with E-state index in [1.807, 2.05) is 24.4 Å². The normalized spacial score (nSPS) is 20.1. The summed E-state index contributed by atoms with van der Waals surface area (Å²) in [5.74, 6) is 0.605. The highest BCUT2D eigenvalue weighted by Gasteiger charge is 2.18. The van der Waals surface area contributed by atoms with Crippen molar-refractivity contribution in [2.45, 2.75) is 18.9 Å². The second-order valence-corrected chi connectivity index (χ2v) is 5.59. The highest BCUT2D eigenvalue weighted by atomic mass is 16.5. The lowest BCUT2D eigenvalue weighted by Crippen LogP contribution is -2.32. The summed E-state index contributed by atoms with van der Waals surface area (Å²) in [7, 11) is 0. The third-order valence-corrected chi connectivity index (χ3v) is 3.98. The molecule has 3 heteroatoms. The Morgan fingerprint density at radius 2 is 2.00 bits per heavy atom. The third kappa shape index (κ3) is 3.90. The van der Waals surface area contributed by atoms with Crippen LogP contribution in [0.5, 0.6) is 0 Å². The Morgan fingerprint density at radius 3 is 2.71 bits per heavy atom. The highest BCUT2D eigenvalue weighted by molar-refractivity contribution is 5.27. The van der Waals surface area contributed by atoms with Gasteiger partial charge >= 0.3 is 0 Å². The quantitative estimate of drug-likeness (QED) is 0.914. The molecule has 2 unspecified atom stereocenters. The first-order valence-corrected chi connectivity index (χ1v) is 7.70. The second-order valence-electron chi connectivity index (χ2n) is 5.59. The molecule has 3 nitrogen and oxygen atoms in total. The maximum Gasteiger partial charge on any atom is 0.0751 e. The van der Waals surface area contributed by atoms with E-state index in [4.69, 9.17) is 4.74 Å². The van der Waals surface area contributed by atoms with Crippen LogP contribution in [-0.2, 0) is 4.74 Å². The summed E-state index contributed by atoms with van der Waals surface area (Å²) < 4.78 is 5.57. The van der Waals surface area contributed by atoms with Crippen molar-refractivity contribution in [2.24, 2.45) is 5.92 Å². The summed E-state index contributed by atoms with van der Waals surface area (Å²) in [5.41, 5.74) is 2.33. The fourth-order valence-corrected chi connectivity index (χ4v) is 2.84.